The number of sulfone groups is 1. The van der Waals surface area contributed by atoms with Gasteiger partial charge in [-0.1, -0.05) is 26.8 Å². The normalized spacial score (nSPS) is 14.8. The number of rotatable bonds is 3. The van der Waals surface area contributed by atoms with E-state index in [1.807, 2.05) is 20.8 Å². The largest absolute Gasteiger partial charge is 0.465 e. The summed E-state index contributed by atoms with van der Waals surface area (Å²) in [7, 11) is -2.40. The number of anilines is 3. The molecule has 0 fully saturated rings. The summed E-state index contributed by atoms with van der Waals surface area (Å²) in [6, 6.07) is 4.70. The molecule has 32 heavy (non-hydrogen) atoms. The van der Waals surface area contributed by atoms with Crippen molar-refractivity contribution in [3.8, 4) is 0 Å². The minimum absolute atomic E-state index is 0.0535. The van der Waals surface area contributed by atoms with E-state index in [2.05, 4.69) is 15.3 Å². The lowest BCUT2D eigenvalue weighted by Gasteiger charge is -2.31. The van der Waals surface area contributed by atoms with Gasteiger partial charge >= 0.3 is 6.09 Å². The van der Waals surface area contributed by atoms with Crippen LogP contribution in [0.5, 0.6) is 0 Å². The van der Waals surface area contributed by atoms with Crippen molar-refractivity contribution in [2.24, 2.45) is 0 Å². The molecule has 0 saturated carbocycles. The second kappa shape index (κ2) is 7.86. The van der Waals surface area contributed by atoms with Crippen LogP contribution in [0.15, 0.2) is 29.6 Å². The summed E-state index contributed by atoms with van der Waals surface area (Å²) in [6.45, 7) is 5.20. The fourth-order valence-electron chi connectivity index (χ4n) is 3.51. The molecule has 0 spiro atoms. The third-order valence-corrected chi connectivity index (χ3v) is 5.62. The Hall–Kier alpha value is -3.54. The van der Waals surface area contributed by atoms with Crippen LogP contribution in [-0.4, -0.2) is 66.1 Å². The van der Waals surface area contributed by atoms with E-state index < -0.39 is 38.3 Å². The van der Waals surface area contributed by atoms with Gasteiger partial charge in [0.2, 0.25) is 15.0 Å². The van der Waals surface area contributed by atoms with Crippen LogP contribution >= 0.6 is 0 Å². The number of nitrogens with one attached hydrogen (secondary N) is 1. The van der Waals surface area contributed by atoms with Crippen LogP contribution in [0.3, 0.4) is 0 Å². The van der Waals surface area contributed by atoms with Gasteiger partial charge in [-0.25, -0.2) is 18.2 Å². The van der Waals surface area contributed by atoms with Crippen LogP contribution in [0.1, 0.15) is 36.7 Å². The molecule has 3 rings (SSSR count). The Bertz CT molecular complexity index is 1240. The molecule has 1 aromatic carbocycles. The number of likely N-dealkylation sites (N-methyl/N-ethyl adjacent to an activating group) is 1. The Morgan fingerprint density at radius 1 is 1.22 bits per heavy atom. The Morgan fingerprint density at radius 2 is 1.88 bits per heavy atom. The number of carbonyl (C=O) groups excluding carboxylic acids is 2. The first-order valence-electron chi connectivity index (χ1n) is 9.50. The summed E-state index contributed by atoms with van der Waals surface area (Å²) in [6.07, 6.45) is 0.717. The van der Waals surface area contributed by atoms with Crippen molar-refractivity contribution in [1.29, 1.82) is 0 Å². The SMILES string of the molecule is CN1CC(=O)N(c2cccc(NC(=O)O)c2C(C)(C)C)c2nc(S(C)(=O)=O)ncc2C1=O. The minimum Gasteiger partial charge on any atom is -0.465 e. The first-order valence-corrected chi connectivity index (χ1v) is 11.4. The standard InChI is InChI=1S/C20H23N5O6S/c1-20(2,3)15-12(22-19(28)29)7-6-8-13(15)25-14(26)10-24(4)17(27)11-9-21-18(23-16(11)25)32(5,30)31/h6-9,22H,10H2,1-5H3,(H,28,29). The van der Waals surface area contributed by atoms with Gasteiger partial charge in [0.1, 0.15) is 12.1 Å². The van der Waals surface area contributed by atoms with Gasteiger partial charge in [0, 0.05) is 30.8 Å². The van der Waals surface area contributed by atoms with Crippen LogP contribution < -0.4 is 10.2 Å². The third kappa shape index (κ3) is 4.26. The van der Waals surface area contributed by atoms with E-state index in [-0.39, 0.29) is 29.3 Å². The smallest absolute Gasteiger partial charge is 0.409 e. The molecule has 1 aliphatic heterocycles. The first kappa shape index (κ1) is 23.1. The monoisotopic (exact) mass is 461 g/mol. The summed E-state index contributed by atoms with van der Waals surface area (Å²) < 4.78 is 24.2. The summed E-state index contributed by atoms with van der Waals surface area (Å²) in [5.41, 5.74) is 0.291. The molecule has 0 aliphatic carbocycles. The summed E-state index contributed by atoms with van der Waals surface area (Å²) in [5.74, 6) is -1.28. The molecule has 2 N–H and O–H groups in total. The van der Waals surface area contributed by atoms with E-state index in [9.17, 15) is 27.9 Å². The van der Waals surface area contributed by atoms with Gasteiger partial charge in [-0.15, -0.1) is 0 Å². The van der Waals surface area contributed by atoms with Crippen LogP contribution in [0.4, 0.5) is 22.0 Å². The number of nitrogens with zero attached hydrogens (tertiary/aromatic N) is 4. The Kier molecular flexibility index (Phi) is 5.68. The molecule has 170 valence electrons. The Morgan fingerprint density at radius 3 is 2.44 bits per heavy atom. The fourth-order valence-corrected chi connectivity index (χ4v) is 4.01. The topological polar surface area (TPSA) is 150 Å². The Balaban J connectivity index is 2.40. The minimum atomic E-state index is -3.84. The molecule has 0 saturated heterocycles. The molecule has 0 bridgehead atoms. The maximum atomic E-state index is 13.3. The lowest BCUT2D eigenvalue weighted by atomic mass is 9.84. The predicted molar refractivity (Wildman–Crippen MR) is 116 cm³/mol. The van der Waals surface area contributed by atoms with Crippen molar-refractivity contribution in [3.05, 3.63) is 35.5 Å². The van der Waals surface area contributed by atoms with Crippen molar-refractivity contribution in [1.82, 2.24) is 14.9 Å². The number of carboxylic acid groups (broad SMARTS) is 1. The Labute approximate surface area is 185 Å². The highest BCUT2D eigenvalue weighted by Crippen LogP contribution is 2.41. The van der Waals surface area contributed by atoms with Crippen LogP contribution in [0, 0.1) is 0 Å². The molecule has 0 atom stereocenters. The molecular weight excluding hydrogens is 438 g/mol. The molecule has 2 aromatic rings. The van der Waals surface area contributed by atoms with Crippen molar-refractivity contribution < 1.29 is 27.9 Å². The predicted octanol–water partition coefficient (Wildman–Crippen LogP) is 2.02. The molecule has 1 aliphatic rings. The van der Waals surface area contributed by atoms with E-state index in [1.54, 1.807) is 18.2 Å². The number of hydrogen-bond donors (Lipinski definition) is 2. The number of benzene rings is 1. The fraction of sp³-hybridized carbons (Fsp3) is 0.350. The number of hydrogen-bond acceptors (Lipinski definition) is 7. The molecular formula is C20H23N5O6S. The molecule has 3 amide bonds. The molecule has 2 heterocycles. The average molecular weight is 462 g/mol. The lowest BCUT2D eigenvalue weighted by molar-refractivity contribution is -0.118. The molecule has 0 unspecified atom stereocenters. The summed E-state index contributed by atoms with van der Waals surface area (Å²) >= 11 is 0. The highest BCUT2D eigenvalue weighted by atomic mass is 32.2. The average Bonchev–Trinajstić information content (AvgIpc) is 2.73. The second-order valence-electron chi connectivity index (χ2n) is 8.43. The highest BCUT2D eigenvalue weighted by Gasteiger charge is 2.36. The van der Waals surface area contributed by atoms with E-state index in [1.165, 1.54) is 11.9 Å². The number of fused-ring (bicyclic) bond motifs is 1. The van der Waals surface area contributed by atoms with Gasteiger partial charge < -0.3 is 10.0 Å². The zero-order valence-corrected chi connectivity index (χ0v) is 19.0. The zero-order chi connectivity index (χ0) is 24.0. The van der Waals surface area contributed by atoms with Crippen molar-refractivity contribution in [2.75, 3.05) is 30.1 Å². The van der Waals surface area contributed by atoms with Crippen LogP contribution in [0.25, 0.3) is 0 Å². The molecule has 12 heteroatoms. The maximum Gasteiger partial charge on any atom is 0.409 e. The van der Waals surface area contributed by atoms with E-state index in [4.69, 9.17) is 0 Å². The molecule has 0 radical (unpaired) electrons. The van der Waals surface area contributed by atoms with Crippen molar-refractivity contribution in [2.45, 2.75) is 31.3 Å². The summed E-state index contributed by atoms with van der Waals surface area (Å²) in [5, 5.41) is 11.1. The van der Waals surface area contributed by atoms with Gasteiger partial charge in [-0.3, -0.25) is 19.8 Å². The van der Waals surface area contributed by atoms with E-state index in [0.29, 0.717) is 5.56 Å². The van der Waals surface area contributed by atoms with E-state index in [0.717, 1.165) is 17.4 Å². The van der Waals surface area contributed by atoms with Gasteiger partial charge in [0.05, 0.1) is 5.69 Å². The van der Waals surface area contributed by atoms with Crippen LogP contribution in [0.2, 0.25) is 0 Å². The van der Waals surface area contributed by atoms with Gasteiger partial charge in [0.25, 0.3) is 11.8 Å². The first-order chi connectivity index (χ1) is 14.7. The third-order valence-electron chi connectivity index (χ3n) is 4.76. The van der Waals surface area contributed by atoms with Gasteiger partial charge in [0.15, 0.2) is 5.82 Å². The number of amides is 3. The highest BCUT2D eigenvalue weighted by molar-refractivity contribution is 7.90. The van der Waals surface area contributed by atoms with Crippen LogP contribution in [-0.2, 0) is 20.0 Å². The molecule has 1 aromatic heterocycles. The lowest BCUT2D eigenvalue weighted by Crippen LogP contribution is -2.36. The number of aromatic nitrogens is 2. The van der Waals surface area contributed by atoms with E-state index >= 15 is 0 Å². The second-order valence-corrected chi connectivity index (χ2v) is 10.3. The van der Waals surface area contributed by atoms with Crippen molar-refractivity contribution in [3.63, 3.8) is 0 Å². The maximum absolute atomic E-state index is 13.3. The quantitative estimate of drug-likeness (QED) is 0.659. The van der Waals surface area contributed by atoms with Crippen molar-refractivity contribution >= 4 is 44.9 Å². The molecule has 11 nitrogen and oxygen atoms in total. The van der Waals surface area contributed by atoms with Gasteiger partial charge in [-0.2, -0.15) is 4.98 Å². The van der Waals surface area contributed by atoms with Gasteiger partial charge in [-0.05, 0) is 17.5 Å². The number of carbonyl (C=O) groups is 3. The summed E-state index contributed by atoms with van der Waals surface area (Å²) in [4.78, 5) is 47.7. The zero-order valence-electron chi connectivity index (χ0n) is 18.2.